The van der Waals surface area contributed by atoms with Crippen molar-refractivity contribution in [1.82, 2.24) is 9.97 Å². The first kappa shape index (κ1) is 9.78. The number of nitrogens with two attached hydrogens (primary N) is 1. The average Bonchev–Trinajstić information content (AvgIpc) is 2.09. The highest BCUT2D eigenvalue weighted by atomic mass is 35.5. The third kappa shape index (κ3) is 2.90. The maximum absolute atomic E-state index is 8.47. The van der Waals surface area contributed by atoms with Gasteiger partial charge in [0.2, 0.25) is 0 Å². The zero-order chi connectivity index (χ0) is 9.68. The molecular weight excluding hydrogens is 190 g/mol. The number of rotatable bonds is 1. The van der Waals surface area contributed by atoms with Gasteiger partial charge in [0.1, 0.15) is 5.82 Å². The fourth-order valence-electron chi connectivity index (χ4n) is 0.665. The van der Waals surface area contributed by atoms with Crippen LogP contribution in [-0.2, 0) is 0 Å². The molecule has 0 unspecified atom stereocenters. The maximum Gasteiger partial charge on any atom is 0.165 e. The minimum atomic E-state index is 0.0209. The van der Waals surface area contributed by atoms with Gasteiger partial charge in [-0.25, -0.2) is 9.97 Å². The Labute approximate surface area is 80.8 Å². The summed E-state index contributed by atoms with van der Waals surface area (Å²) in [4.78, 5) is 7.64. The van der Waals surface area contributed by atoms with Crippen molar-refractivity contribution in [1.29, 1.82) is 0 Å². The second kappa shape index (κ2) is 4.65. The van der Waals surface area contributed by atoms with Gasteiger partial charge < -0.3 is 10.8 Å². The second-order valence-corrected chi connectivity index (χ2v) is 2.57. The monoisotopic (exact) mass is 197 g/mol. The molecule has 1 rings (SSSR count). The predicted molar refractivity (Wildman–Crippen MR) is 50.0 cm³/mol. The molecule has 0 bridgehead atoms. The summed E-state index contributed by atoms with van der Waals surface area (Å²) in [6, 6.07) is 0. The van der Waals surface area contributed by atoms with Crippen LogP contribution in [-0.4, -0.2) is 21.7 Å². The zero-order valence-corrected chi connectivity index (χ0v) is 7.54. The van der Waals surface area contributed by atoms with Gasteiger partial charge >= 0.3 is 0 Å². The van der Waals surface area contributed by atoms with Crippen LogP contribution < -0.4 is 5.73 Å². The average molecular weight is 198 g/mol. The van der Waals surface area contributed by atoms with Crippen molar-refractivity contribution in [3.8, 4) is 11.8 Å². The molecule has 13 heavy (non-hydrogen) atoms. The van der Waals surface area contributed by atoms with Gasteiger partial charge in [0.25, 0.3) is 0 Å². The molecule has 0 radical (unpaired) electrons. The van der Waals surface area contributed by atoms with Gasteiger partial charge in [-0.05, 0) is 5.92 Å². The van der Waals surface area contributed by atoms with Crippen LogP contribution in [0.25, 0.3) is 0 Å². The molecule has 0 aliphatic rings. The predicted octanol–water partition coefficient (Wildman–Crippen LogP) is 0.446. The summed E-state index contributed by atoms with van der Waals surface area (Å²) in [6.07, 6.45) is 1.78. The molecule has 0 saturated heterocycles. The molecule has 68 valence electrons. The van der Waals surface area contributed by atoms with E-state index in [1.54, 1.807) is 0 Å². The molecule has 0 fully saturated rings. The van der Waals surface area contributed by atoms with E-state index in [0.717, 1.165) is 0 Å². The molecular formula is C8H8ClN3O. The SMILES string of the molecule is Nc1cnc(C#CCCO)c(Cl)n1. The van der Waals surface area contributed by atoms with Crippen molar-refractivity contribution in [3.63, 3.8) is 0 Å². The highest BCUT2D eigenvalue weighted by molar-refractivity contribution is 6.30. The summed E-state index contributed by atoms with van der Waals surface area (Å²) >= 11 is 5.69. The van der Waals surface area contributed by atoms with E-state index in [1.165, 1.54) is 6.20 Å². The van der Waals surface area contributed by atoms with Gasteiger partial charge in [-0.2, -0.15) is 0 Å². The molecule has 0 aliphatic heterocycles. The Morgan fingerprint density at radius 1 is 1.62 bits per heavy atom. The van der Waals surface area contributed by atoms with E-state index in [-0.39, 0.29) is 17.6 Å². The lowest BCUT2D eigenvalue weighted by Crippen LogP contribution is -1.94. The molecule has 0 atom stereocenters. The van der Waals surface area contributed by atoms with Gasteiger partial charge in [0.05, 0.1) is 12.8 Å². The Morgan fingerprint density at radius 2 is 2.38 bits per heavy atom. The lowest BCUT2D eigenvalue weighted by atomic mass is 10.4. The molecule has 3 N–H and O–H groups in total. The van der Waals surface area contributed by atoms with Crippen molar-refractivity contribution < 1.29 is 5.11 Å². The first-order valence-electron chi connectivity index (χ1n) is 3.62. The summed E-state index contributed by atoms with van der Waals surface area (Å²) in [6.45, 7) is 0.0209. The van der Waals surface area contributed by atoms with Crippen LogP contribution in [0.15, 0.2) is 6.20 Å². The van der Waals surface area contributed by atoms with Crippen molar-refractivity contribution in [2.45, 2.75) is 6.42 Å². The first-order chi connectivity index (χ1) is 6.24. The number of aliphatic hydroxyl groups excluding tert-OH is 1. The molecule has 0 amide bonds. The van der Waals surface area contributed by atoms with Crippen LogP contribution in [0.4, 0.5) is 5.82 Å². The number of halogens is 1. The Hall–Kier alpha value is -1.31. The van der Waals surface area contributed by atoms with E-state index in [1.807, 2.05) is 0 Å². The third-order valence-electron chi connectivity index (χ3n) is 1.19. The van der Waals surface area contributed by atoms with E-state index in [4.69, 9.17) is 22.4 Å². The van der Waals surface area contributed by atoms with E-state index >= 15 is 0 Å². The molecule has 0 saturated carbocycles. The topological polar surface area (TPSA) is 72.0 Å². The van der Waals surface area contributed by atoms with Crippen LogP contribution in [0.2, 0.25) is 5.15 Å². The van der Waals surface area contributed by atoms with E-state index < -0.39 is 0 Å². The number of hydrogen-bond donors (Lipinski definition) is 2. The second-order valence-electron chi connectivity index (χ2n) is 2.21. The number of aromatic nitrogens is 2. The Morgan fingerprint density at radius 3 is 3.00 bits per heavy atom. The summed E-state index contributed by atoms with van der Waals surface area (Å²) < 4.78 is 0. The lowest BCUT2D eigenvalue weighted by molar-refractivity contribution is 0.305. The van der Waals surface area contributed by atoms with Gasteiger partial charge in [-0.1, -0.05) is 17.5 Å². The third-order valence-corrected chi connectivity index (χ3v) is 1.46. The van der Waals surface area contributed by atoms with E-state index in [0.29, 0.717) is 12.1 Å². The molecule has 1 aromatic heterocycles. The van der Waals surface area contributed by atoms with Crippen LogP contribution in [0.3, 0.4) is 0 Å². The van der Waals surface area contributed by atoms with Crippen LogP contribution in [0, 0.1) is 11.8 Å². The van der Waals surface area contributed by atoms with Gasteiger partial charge in [-0.15, -0.1) is 0 Å². The summed E-state index contributed by atoms with van der Waals surface area (Å²) in [7, 11) is 0. The Bertz CT molecular complexity index is 356. The molecule has 1 heterocycles. The van der Waals surface area contributed by atoms with Crippen molar-refractivity contribution >= 4 is 17.4 Å². The molecule has 5 heteroatoms. The Kier molecular flexibility index (Phi) is 3.50. The normalized spacial score (nSPS) is 9.08. The molecule has 0 spiro atoms. The number of nitrogen functional groups attached to an aromatic ring is 1. The maximum atomic E-state index is 8.47. The smallest absolute Gasteiger partial charge is 0.165 e. The number of aliphatic hydroxyl groups is 1. The molecule has 0 aromatic carbocycles. The minimum Gasteiger partial charge on any atom is -0.395 e. The standard InChI is InChI=1S/C8H8ClN3O/c9-8-6(3-1-2-4-13)11-5-7(10)12-8/h5,13H,2,4H2,(H2,10,12). The van der Waals surface area contributed by atoms with Gasteiger partial charge in [0.15, 0.2) is 10.8 Å². The minimum absolute atomic E-state index is 0.0209. The first-order valence-corrected chi connectivity index (χ1v) is 3.99. The number of anilines is 1. The van der Waals surface area contributed by atoms with Crippen molar-refractivity contribution in [2.24, 2.45) is 0 Å². The summed E-state index contributed by atoms with van der Waals surface area (Å²) in [5.41, 5.74) is 5.72. The van der Waals surface area contributed by atoms with Crippen molar-refractivity contribution in [2.75, 3.05) is 12.3 Å². The van der Waals surface area contributed by atoms with Gasteiger partial charge in [0, 0.05) is 6.42 Å². The number of hydrogen-bond acceptors (Lipinski definition) is 4. The molecule has 1 aromatic rings. The summed E-state index contributed by atoms with van der Waals surface area (Å²) in [5.74, 6) is 5.62. The highest BCUT2D eigenvalue weighted by Gasteiger charge is 1.99. The summed E-state index contributed by atoms with van der Waals surface area (Å²) in [5, 5.41) is 8.65. The highest BCUT2D eigenvalue weighted by Crippen LogP contribution is 2.09. The van der Waals surface area contributed by atoms with Gasteiger partial charge in [-0.3, -0.25) is 0 Å². The van der Waals surface area contributed by atoms with E-state index in [2.05, 4.69) is 21.8 Å². The lowest BCUT2D eigenvalue weighted by Gasteiger charge is -1.94. The molecule has 4 nitrogen and oxygen atoms in total. The number of nitrogens with zero attached hydrogens (tertiary/aromatic N) is 2. The largest absolute Gasteiger partial charge is 0.395 e. The van der Waals surface area contributed by atoms with Crippen molar-refractivity contribution in [3.05, 3.63) is 17.0 Å². The van der Waals surface area contributed by atoms with E-state index in [9.17, 15) is 0 Å². The molecule has 0 aliphatic carbocycles. The zero-order valence-electron chi connectivity index (χ0n) is 6.79. The van der Waals surface area contributed by atoms with Crippen LogP contribution in [0.1, 0.15) is 12.1 Å². The fourth-order valence-corrected chi connectivity index (χ4v) is 0.859. The fraction of sp³-hybridized carbons (Fsp3) is 0.250. The van der Waals surface area contributed by atoms with Crippen LogP contribution in [0.5, 0.6) is 0 Å². The van der Waals surface area contributed by atoms with Crippen LogP contribution >= 0.6 is 11.6 Å². The Balaban J connectivity index is 2.85. The quantitative estimate of drug-likeness (QED) is 0.641.